The lowest BCUT2D eigenvalue weighted by atomic mass is 10.1. The number of nitrogens with zero attached hydrogens (tertiary/aromatic N) is 1. The van der Waals surface area contributed by atoms with Crippen LogP contribution in [0.5, 0.6) is 0 Å². The quantitative estimate of drug-likeness (QED) is 0.750. The molecule has 0 saturated heterocycles. The molecule has 0 spiro atoms. The number of Topliss-reactive ketones (excluding diaryl/α,β-unsaturated/α-hetero) is 1. The van der Waals surface area contributed by atoms with Gasteiger partial charge in [-0.05, 0) is 48.2 Å². The summed E-state index contributed by atoms with van der Waals surface area (Å²) in [5.74, 6) is 0.232. The van der Waals surface area contributed by atoms with Crippen LogP contribution < -0.4 is 0 Å². The second-order valence-electron chi connectivity index (χ2n) is 5.56. The molecule has 0 aliphatic heterocycles. The Bertz CT molecular complexity index is 587. The maximum atomic E-state index is 12.4. The van der Waals surface area contributed by atoms with E-state index < -0.39 is 0 Å². The predicted octanol–water partition coefficient (Wildman–Crippen LogP) is 3.90. The van der Waals surface area contributed by atoms with Crippen molar-refractivity contribution in [1.82, 2.24) is 4.90 Å². The SMILES string of the molecule is Cc1cccc(C(=O)CN(Cc2ccsc2)C2CC2)c1. The molecule has 1 aliphatic carbocycles. The molecular formula is C17H19NOS. The minimum Gasteiger partial charge on any atom is -0.293 e. The van der Waals surface area contributed by atoms with E-state index in [4.69, 9.17) is 0 Å². The van der Waals surface area contributed by atoms with Crippen LogP contribution in [0.4, 0.5) is 0 Å². The lowest BCUT2D eigenvalue weighted by molar-refractivity contribution is 0.0919. The van der Waals surface area contributed by atoms with Gasteiger partial charge in [0.15, 0.2) is 5.78 Å². The van der Waals surface area contributed by atoms with Gasteiger partial charge in [-0.3, -0.25) is 9.69 Å². The van der Waals surface area contributed by atoms with Crippen LogP contribution >= 0.6 is 11.3 Å². The van der Waals surface area contributed by atoms with Crippen LogP contribution in [0, 0.1) is 6.92 Å². The summed E-state index contributed by atoms with van der Waals surface area (Å²) in [6.45, 7) is 3.45. The molecule has 3 rings (SSSR count). The molecule has 1 aromatic carbocycles. The van der Waals surface area contributed by atoms with E-state index in [0.29, 0.717) is 12.6 Å². The molecule has 0 amide bonds. The van der Waals surface area contributed by atoms with E-state index in [1.165, 1.54) is 18.4 Å². The number of ketones is 1. The van der Waals surface area contributed by atoms with Gasteiger partial charge in [-0.25, -0.2) is 0 Å². The summed E-state index contributed by atoms with van der Waals surface area (Å²) in [7, 11) is 0. The van der Waals surface area contributed by atoms with Crippen LogP contribution in [-0.2, 0) is 6.54 Å². The number of hydrogen-bond donors (Lipinski definition) is 0. The third kappa shape index (κ3) is 3.35. The van der Waals surface area contributed by atoms with Gasteiger partial charge in [-0.15, -0.1) is 0 Å². The largest absolute Gasteiger partial charge is 0.293 e. The fourth-order valence-corrected chi connectivity index (χ4v) is 3.12. The first-order valence-corrected chi connectivity index (χ1v) is 8.01. The molecule has 1 saturated carbocycles. The van der Waals surface area contributed by atoms with E-state index in [2.05, 4.69) is 21.7 Å². The second-order valence-corrected chi connectivity index (χ2v) is 6.34. The van der Waals surface area contributed by atoms with Gasteiger partial charge in [0, 0.05) is 18.2 Å². The molecule has 1 aromatic heterocycles. The molecule has 0 unspecified atom stereocenters. The number of rotatable bonds is 6. The zero-order valence-corrected chi connectivity index (χ0v) is 12.5. The molecule has 104 valence electrons. The van der Waals surface area contributed by atoms with E-state index in [-0.39, 0.29) is 5.78 Å². The molecule has 2 aromatic rings. The van der Waals surface area contributed by atoms with E-state index in [0.717, 1.165) is 17.7 Å². The first-order chi connectivity index (χ1) is 9.72. The van der Waals surface area contributed by atoms with Crippen molar-refractivity contribution in [1.29, 1.82) is 0 Å². The van der Waals surface area contributed by atoms with Crippen molar-refractivity contribution >= 4 is 17.1 Å². The summed E-state index contributed by atoms with van der Waals surface area (Å²) >= 11 is 1.72. The Morgan fingerprint density at radius 1 is 1.35 bits per heavy atom. The zero-order chi connectivity index (χ0) is 13.9. The summed E-state index contributed by atoms with van der Waals surface area (Å²) < 4.78 is 0. The summed E-state index contributed by atoms with van der Waals surface area (Å²) in [5.41, 5.74) is 3.30. The molecule has 0 N–H and O–H groups in total. The first-order valence-electron chi connectivity index (χ1n) is 7.07. The Morgan fingerprint density at radius 3 is 2.85 bits per heavy atom. The second kappa shape index (κ2) is 5.90. The van der Waals surface area contributed by atoms with Gasteiger partial charge in [0.2, 0.25) is 0 Å². The number of benzene rings is 1. The first kappa shape index (κ1) is 13.5. The van der Waals surface area contributed by atoms with Gasteiger partial charge in [0.25, 0.3) is 0 Å². The normalized spacial score (nSPS) is 14.7. The van der Waals surface area contributed by atoms with Crippen LogP contribution in [0.2, 0.25) is 0 Å². The third-order valence-electron chi connectivity index (χ3n) is 3.72. The number of aryl methyl sites for hydroxylation is 1. The van der Waals surface area contributed by atoms with Crippen LogP contribution in [0.1, 0.15) is 34.3 Å². The summed E-state index contributed by atoms with van der Waals surface area (Å²) in [5, 5.41) is 4.27. The Balaban J connectivity index is 1.68. The van der Waals surface area contributed by atoms with Gasteiger partial charge in [-0.2, -0.15) is 11.3 Å². The minimum absolute atomic E-state index is 0.232. The van der Waals surface area contributed by atoms with Crippen LogP contribution in [-0.4, -0.2) is 23.3 Å². The average Bonchev–Trinajstić information content (AvgIpc) is 3.16. The van der Waals surface area contributed by atoms with Crippen LogP contribution in [0.25, 0.3) is 0 Å². The zero-order valence-electron chi connectivity index (χ0n) is 11.7. The fourth-order valence-electron chi connectivity index (χ4n) is 2.47. The van der Waals surface area contributed by atoms with E-state index >= 15 is 0 Å². The monoisotopic (exact) mass is 285 g/mol. The number of thiophene rings is 1. The standard InChI is InChI=1S/C17H19NOS/c1-13-3-2-4-15(9-13)17(19)11-18(16-5-6-16)10-14-7-8-20-12-14/h2-4,7-9,12,16H,5-6,10-11H2,1H3. The molecule has 1 fully saturated rings. The molecule has 2 nitrogen and oxygen atoms in total. The van der Waals surface area contributed by atoms with Crippen molar-refractivity contribution < 1.29 is 4.79 Å². The predicted molar refractivity (Wildman–Crippen MR) is 83.3 cm³/mol. The van der Waals surface area contributed by atoms with Crippen molar-refractivity contribution in [2.24, 2.45) is 0 Å². The van der Waals surface area contributed by atoms with Crippen molar-refractivity contribution in [2.75, 3.05) is 6.54 Å². The lowest BCUT2D eigenvalue weighted by Crippen LogP contribution is -2.31. The van der Waals surface area contributed by atoms with E-state index in [9.17, 15) is 4.79 Å². The van der Waals surface area contributed by atoms with Crippen molar-refractivity contribution in [3.8, 4) is 0 Å². The topological polar surface area (TPSA) is 20.3 Å². The number of carbonyl (C=O) groups excluding carboxylic acids is 1. The van der Waals surface area contributed by atoms with Crippen molar-refractivity contribution in [3.05, 3.63) is 57.8 Å². The van der Waals surface area contributed by atoms with Crippen molar-refractivity contribution in [2.45, 2.75) is 32.4 Å². The highest BCUT2D eigenvalue weighted by Gasteiger charge is 2.30. The maximum Gasteiger partial charge on any atom is 0.176 e. The van der Waals surface area contributed by atoms with Gasteiger partial charge in [-0.1, -0.05) is 23.8 Å². The van der Waals surface area contributed by atoms with Gasteiger partial charge in [0.1, 0.15) is 0 Å². The smallest absolute Gasteiger partial charge is 0.176 e. The fraction of sp³-hybridized carbons (Fsp3) is 0.353. The summed E-state index contributed by atoms with van der Waals surface area (Å²) in [4.78, 5) is 14.8. The number of carbonyl (C=O) groups is 1. The molecule has 3 heteroatoms. The molecule has 20 heavy (non-hydrogen) atoms. The highest BCUT2D eigenvalue weighted by molar-refractivity contribution is 7.07. The molecule has 1 aliphatic rings. The van der Waals surface area contributed by atoms with Crippen molar-refractivity contribution in [3.63, 3.8) is 0 Å². The minimum atomic E-state index is 0.232. The molecule has 1 heterocycles. The molecular weight excluding hydrogens is 266 g/mol. The van der Waals surface area contributed by atoms with Gasteiger partial charge in [0.05, 0.1) is 6.54 Å². The maximum absolute atomic E-state index is 12.4. The average molecular weight is 285 g/mol. The Hall–Kier alpha value is -1.45. The van der Waals surface area contributed by atoms with Gasteiger partial charge < -0.3 is 0 Å². The highest BCUT2D eigenvalue weighted by Crippen LogP contribution is 2.28. The third-order valence-corrected chi connectivity index (χ3v) is 4.45. The summed E-state index contributed by atoms with van der Waals surface area (Å²) in [6.07, 6.45) is 2.45. The van der Waals surface area contributed by atoms with Crippen LogP contribution in [0.15, 0.2) is 41.1 Å². The van der Waals surface area contributed by atoms with Gasteiger partial charge >= 0.3 is 0 Å². The Morgan fingerprint density at radius 2 is 2.20 bits per heavy atom. The molecule has 0 radical (unpaired) electrons. The lowest BCUT2D eigenvalue weighted by Gasteiger charge is -2.20. The highest BCUT2D eigenvalue weighted by atomic mass is 32.1. The Kier molecular flexibility index (Phi) is 3.99. The van der Waals surface area contributed by atoms with E-state index in [1.54, 1.807) is 11.3 Å². The van der Waals surface area contributed by atoms with E-state index in [1.807, 2.05) is 31.2 Å². The Labute approximate surface area is 124 Å². The molecule has 0 bridgehead atoms. The number of hydrogen-bond acceptors (Lipinski definition) is 3. The van der Waals surface area contributed by atoms with Crippen LogP contribution in [0.3, 0.4) is 0 Å². The molecule has 0 atom stereocenters. The summed E-state index contributed by atoms with van der Waals surface area (Å²) in [6, 6.07) is 10.6.